The van der Waals surface area contributed by atoms with Gasteiger partial charge in [0.05, 0.1) is 22.7 Å². The Balaban J connectivity index is 1.69. The third-order valence-corrected chi connectivity index (χ3v) is 5.87. The maximum absolute atomic E-state index is 12.6. The molecule has 1 aliphatic rings. The van der Waals surface area contributed by atoms with E-state index in [1.165, 1.54) is 4.31 Å². The minimum absolute atomic E-state index is 0.0961. The number of hydrogen-bond acceptors (Lipinski definition) is 5. The van der Waals surface area contributed by atoms with Gasteiger partial charge in [0.25, 0.3) is 0 Å². The third-order valence-electron chi connectivity index (χ3n) is 3.99. The van der Waals surface area contributed by atoms with Gasteiger partial charge in [-0.2, -0.15) is 22.6 Å². The second-order valence-electron chi connectivity index (χ2n) is 5.93. The van der Waals surface area contributed by atoms with Crippen molar-refractivity contribution in [3.05, 3.63) is 47.7 Å². The molecule has 26 heavy (non-hydrogen) atoms. The Morgan fingerprint density at radius 2 is 1.81 bits per heavy atom. The van der Waals surface area contributed by atoms with Gasteiger partial charge in [0.2, 0.25) is 15.9 Å². The summed E-state index contributed by atoms with van der Waals surface area (Å²) in [7, 11) is -3.88. The number of hydrogen-bond donors (Lipinski definition) is 0. The molecule has 0 N–H and O–H groups in total. The van der Waals surface area contributed by atoms with Gasteiger partial charge in [-0.05, 0) is 43.7 Å². The molecular weight excluding hydrogens is 371 g/mol. The van der Waals surface area contributed by atoms with Crippen LogP contribution in [0.25, 0.3) is 0 Å². The summed E-state index contributed by atoms with van der Waals surface area (Å²) in [6.45, 7) is 2.09. The molecule has 0 aliphatic carbocycles. The number of sulfonamides is 1. The molecule has 1 unspecified atom stereocenters. The first-order valence-electron chi connectivity index (χ1n) is 7.81. The summed E-state index contributed by atoms with van der Waals surface area (Å²) in [5.74, 6) is 0.300. The van der Waals surface area contributed by atoms with Crippen molar-refractivity contribution in [3.8, 4) is 5.88 Å². The topological polar surface area (TPSA) is 72.4 Å². The van der Waals surface area contributed by atoms with Crippen molar-refractivity contribution in [3.63, 3.8) is 0 Å². The molecule has 0 bridgehead atoms. The van der Waals surface area contributed by atoms with Crippen molar-refractivity contribution in [2.75, 3.05) is 13.1 Å². The van der Waals surface area contributed by atoms with Crippen LogP contribution in [0.2, 0.25) is 0 Å². The molecule has 1 atom stereocenters. The van der Waals surface area contributed by atoms with Gasteiger partial charge in [-0.25, -0.2) is 8.42 Å². The molecule has 6 nitrogen and oxygen atoms in total. The highest BCUT2D eigenvalue weighted by molar-refractivity contribution is 7.89. The van der Waals surface area contributed by atoms with Crippen molar-refractivity contribution in [1.82, 2.24) is 14.5 Å². The average Bonchev–Trinajstić information content (AvgIpc) is 3.06. The fraction of sp³-hybridized carbons (Fsp3) is 0.375. The van der Waals surface area contributed by atoms with Crippen LogP contribution in [0.15, 0.2) is 41.3 Å². The molecule has 2 aromatic rings. The Hall–Kier alpha value is -2.20. The van der Waals surface area contributed by atoms with Crippen LogP contribution < -0.4 is 4.74 Å². The molecule has 0 saturated carbocycles. The number of benzene rings is 1. The van der Waals surface area contributed by atoms with Crippen LogP contribution in [0.1, 0.15) is 17.7 Å². The average molecular weight is 387 g/mol. The molecule has 10 heteroatoms. The van der Waals surface area contributed by atoms with Gasteiger partial charge >= 0.3 is 6.18 Å². The van der Waals surface area contributed by atoms with E-state index in [2.05, 4.69) is 10.2 Å². The van der Waals surface area contributed by atoms with Crippen molar-refractivity contribution >= 4 is 10.0 Å². The summed E-state index contributed by atoms with van der Waals surface area (Å²) in [5.41, 5.74) is -0.160. The van der Waals surface area contributed by atoms with E-state index in [9.17, 15) is 21.6 Å². The number of aryl methyl sites for hydroxylation is 1. The zero-order chi connectivity index (χ0) is 18.9. The zero-order valence-corrected chi connectivity index (χ0v) is 14.6. The van der Waals surface area contributed by atoms with Gasteiger partial charge in [-0.1, -0.05) is 0 Å². The van der Waals surface area contributed by atoms with Gasteiger partial charge < -0.3 is 4.74 Å². The highest BCUT2D eigenvalue weighted by atomic mass is 32.2. The Bertz CT molecular complexity index is 868. The Labute approximate surface area is 148 Å². The Morgan fingerprint density at radius 1 is 1.12 bits per heavy atom. The fourth-order valence-electron chi connectivity index (χ4n) is 2.60. The van der Waals surface area contributed by atoms with Gasteiger partial charge in [-0.15, -0.1) is 5.10 Å². The monoisotopic (exact) mass is 387 g/mol. The quantitative estimate of drug-likeness (QED) is 0.807. The predicted octanol–water partition coefficient (Wildman–Crippen LogP) is 2.65. The van der Waals surface area contributed by atoms with Gasteiger partial charge in [0, 0.05) is 12.6 Å². The van der Waals surface area contributed by atoms with E-state index in [1.807, 2.05) is 0 Å². The molecule has 1 fully saturated rings. The van der Waals surface area contributed by atoms with Crippen LogP contribution in [-0.2, 0) is 16.2 Å². The highest BCUT2D eigenvalue weighted by Gasteiger charge is 2.35. The lowest BCUT2D eigenvalue weighted by atomic mass is 10.2. The van der Waals surface area contributed by atoms with Crippen molar-refractivity contribution < 1.29 is 26.3 Å². The van der Waals surface area contributed by atoms with E-state index in [0.717, 1.165) is 30.0 Å². The van der Waals surface area contributed by atoms with E-state index >= 15 is 0 Å². The largest absolute Gasteiger partial charge is 0.472 e. The summed E-state index contributed by atoms with van der Waals surface area (Å²) in [4.78, 5) is -0.179. The number of nitrogens with zero attached hydrogens (tertiary/aromatic N) is 3. The highest BCUT2D eigenvalue weighted by Crippen LogP contribution is 2.31. The molecule has 1 aliphatic heterocycles. The first kappa shape index (κ1) is 18.6. The molecule has 3 rings (SSSR count). The third kappa shape index (κ3) is 3.96. The SMILES string of the molecule is Cc1ccc(OC2CCN(S(=O)(=O)c3ccc(C(F)(F)F)cc3)C2)nn1. The van der Waals surface area contributed by atoms with Gasteiger partial charge in [0.1, 0.15) is 6.10 Å². The Morgan fingerprint density at radius 3 is 2.38 bits per heavy atom. The van der Waals surface area contributed by atoms with E-state index < -0.39 is 27.9 Å². The van der Waals surface area contributed by atoms with Gasteiger partial charge in [0.15, 0.2) is 0 Å². The Kier molecular flexibility index (Phi) is 4.89. The molecule has 1 aromatic heterocycles. The van der Waals surface area contributed by atoms with Crippen molar-refractivity contribution in [2.45, 2.75) is 30.5 Å². The van der Waals surface area contributed by atoms with Crippen molar-refractivity contribution in [1.29, 1.82) is 0 Å². The summed E-state index contributed by atoms with van der Waals surface area (Å²) >= 11 is 0. The summed E-state index contributed by atoms with van der Waals surface area (Å²) in [6.07, 6.45) is -4.45. The summed E-state index contributed by atoms with van der Waals surface area (Å²) in [5, 5.41) is 7.74. The van der Waals surface area contributed by atoms with Crippen LogP contribution in [0.5, 0.6) is 5.88 Å². The smallest absolute Gasteiger partial charge is 0.416 e. The van der Waals surface area contributed by atoms with Gasteiger partial charge in [-0.3, -0.25) is 0 Å². The number of aromatic nitrogens is 2. The van der Waals surface area contributed by atoms with Crippen LogP contribution in [0.4, 0.5) is 13.2 Å². The molecule has 0 radical (unpaired) electrons. The summed E-state index contributed by atoms with van der Waals surface area (Å²) in [6, 6.07) is 6.84. The summed E-state index contributed by atoms with van der Waals surface area (Å²) < 4.78 is 69.9. The molecular formula is C16H16F3N3O3S. The molecule has 0 spiro atoms. The van der Waals surface area contributed by atoms with Crippen molar-refractivity contribution in [2.24, 2.45) is 0 Å². The first-order valence-corrected chi connectivity index (χ1v) is 9.25. The van der Waals surface area contributed by atoms with Crippen LogP contribution in [0.3, 0.4) is 0 Å². The normalized spacial score (nSPS) is 18.8. The minimum atomic E-state index is -4.51. The van der Waals surface area contributed by atoms with Crippen LogP contribution >= 0.6 is 0 Å². The lowest BCUT2D eigenvalue weighted by Crippen LogP contribution is -2.31. The lowest BCUT2D eigenvalue weighted by Gasteiger charge is -2.17. The first-order chi connectivity index (χ1) is 12.2. The standard InChI is InChI=1S/C16H16F3N3O3S/c1-11-2-7-15(21-20-11)25-13-8-9-22(10-13)26(23,24)14-5-3-12(4-6-14)16(17,18)19/h2-7,13H,8-10H2,1H3. The molecule has 140 valence electrons. The second kappa shape index (κ2) is 6.84. The number of ether oxygens (including phenoxy) is 1. The van der Waals surface area contributed by atoms with Crippen LogP contribution in [0, 0.1) is 6.92 Å². The minimum Gasteiger partial charge on any atom is -0.472 e. The fourth-order valence-corrected chi connectivity index (χ4v) is 4.08. The van der Waals surface area contributed by atoms with E-state index in [4.69, 9.17) is 4.74 Å². The maximum atomic E-state index is 12.6. The van der Waals surface area contributed by atoms with E-state index in [0.29, 0.717) is 12.3 Å². The molecule has 1 aromatic carbocycles. The van der Waals surface area contributed by atoms with E-state index in [1.54, 1.807) is 19.1 Å². The number of alkyl halides is 3. The second-order valence-corrected chi connectivity index (χ2v) is 7.86. The molecule has 1 saturated heterocycles. The molecule has 0 amide bonds. The number of halogens is 3. The maximum Gasteiger partial charge on any atom is 0.416 e. The van der Waals surface area contributed by atoms with E-state index in [-0.39, 0.29) is 18.0 Å². The lowest BCUT2D eigenvalue weighted by molar-refractivity contribution is -0.137. The predicted molar refractivity (Wildman–Crippen MR) is 86.0 cm³/mol. The zero-order valence-electron chi connectivity index (χ0n) is 13.8. The molecule has 2 heterocycles. The van der Waals surface area contributed by atoms with Crippen LogP contribution in [-0.4, -0.2) is 42.1 Å². The number of rotatable bonds is 4.